The molecule has 21 heavy (non-hydrogen) atoms. The Morgan fingerprint density at radius 1 is 1.10 bits per heavy atom. The number of hydrogen-bond acceptors (Lipinski definition) is 2. The number of carbonyl (C=O) groups excluding carboxylic acids is 1. The molecule has 0 aliphatic heterocycles. The maximum absolute atomic E-state index is 12.4. The van der Waals surface area contributed by atoms with Crippen molar-refractivity contribution in [3.63, 3.8) is 0 Å². The van der Waals surface area contributed by atoms with Gasteiger partial charge in [-0.25, -0.2) is 0 Å². The van der Waals surface area contributed by atoms with E-state index in [1.165, 1.54) is 12.1 Å². The van der Waals surface area contributed by atoms with Crippen molar-refractivity contribution in [3.05, 3.63) is 35.4 Å². The third-order valence-corrected chi connectivity index (χ3v) is 2.78. The first kappa shape index (κ1) is 17.5. The van der Waals surface area contributed by atoms with Crippen molar-refractivity contribution in [2.45, 2.75) is 45.5 Å². The summed E-state index contributed by atoms with van der Waals surface area (Å²) < 4.78 is 37.2. The maximum Gasteiger partial charge on any atom is 0.416 e. The van der Waals surface area contributed by atoms with Crippen LogP contribution in [0.3, 0.4) is 0 Å². The number of nitrogens with one attached hydrogen (secondary N) is 2. The molecule has 118 valence electrons. The minimum atomic E-state index is -4.33. The lowest BCUT2D eigenvalue weighted by atomic mass is 10.1. The number of rotatable bonds is 5. The molecular formula is C15H21F3N2O. The Balaban J connectivity index is 2.36. The van der Waals surface area contributed by atoms with E-state index in [-0.39, 0.29) is 18.0 Å². The van der Waals surface area contributed by atoms with Gasteiger partial charge in [-0.05, 0) is 38.5 Å². The van der Waals surface area contributed by atoms with Gasteiger partial charge in [0.15, 0.2) is 0 Å². The molecule has 0 unspecified atom stereocenters. The third-order valence-electron chi connectivity index (χ3n) is 2.78. The Kier molecular flexibility index (Phi) is 5.78. The van der Waals surface area contributed by atoms with E-state index in [0.29, 0.717) is 18.5 Å². The highest BCUT2D eigenvalue weighted by molar-refractivity contribution is 5.76. The largest absolute Gasteiger partial charge is 0.416 e. The Hall–Kier alpha value is -1.56. The Bertz CT molecular complexity index is 461. The van der Waals surface area contributed by atoms with Gasteiger partial charge in [-0.2, -0.15) is 13.2 Å². The lowest BCUT2D eigenvalue weighted by Crippen LogP contribution is -2.38. The summed E-state index contributed by atoms with van der Waals surface area (Å²) in [5, 5.41) is 5.87. The minimum absolute atomic E-state index is 0.0479. The van der Waals surface area contributed by atoms with Gasteiger partial charge < -0.3 is 10.6 Å². The van der Waals surface area contributed by atoms with E-state index in [4.69, 9.17) is 0 Å². The Morgan fingerprint density at radius 2 is 1.67 bits per heavy atom. The first-order valence-corrected chi connectivity index (χ1v) is 6.76. The molecule has 0 aromatic heterocycles. The zero-order chi connectivity index (χ0) is 16.1. The van der Waals surface area contributed by atoms with Gasteiger partial charge in [-0.1, -0.05) is 12.1 Å². The first-order chi connectivity index (χ1) is 9.58. The van der Waals surface area contributed by atoms with Crippen LogP contribution in [-0.4, -0.2) is 18.0 Å². The van der Waals surface area contributed by atoms with Crippen molar-refractivity contribution in [1.29, 1.82) is 0 Å². The van der Waals surface area contributed by atoms with Gasteiger partial charge in [0.25, 0.3) is 0 Å². The van der Waals surface area contributed by atoms with Gasteiger partial charge in [-0.3, -0.25) is 4.79 Å². The van der Waals surface area contributed by atoms with E-state index in [1.807, 2.05) is 20.8 Å². The molecule has 0 atom stereocenters. The molecule has 0 bridgehead atoms. The predicted molar refractivity (Wildman–Crippen MR) is 75.7 cm³/mol. The number of amides is 1. The fourth-order valence-electron chi connectivity index (χ4n) is 1.65. The number of benzene rings is 1. The summed E-state index contributed by atoms with van der Waals surface area (Å²) in [5.41, 5.74) is -0.0969. The van der Waals surface area contributed by atoms with Crippen molar-refractivity contribution in [3.8, 4) is 0 Å². The lowest BCUT2D eigenvalue weighted by molar-refractivity contribution is -0.137. The Morgan fingerprint density at radius 3 is 2.14 bits per heavy atom. The summed E-state index contributed by atoms with van der Waals surface area (Å²) in [5.74, 6) is -0.133. The van der Waals surface area contributed by atoms with Gasteiger partial charge in [0, 0.05) is 25.0 Å². The van der Waals surface area contributed by atoms with Crippen molar-refractivity contribution in [2.75, 3.05) is 6.54 Å². The van der Waals surface area contributed by atoms with Crippen molar-refractivity contribution >= 4 is 5.91 Å². The van der Waals surface area contributed by atoms with E-state index in [2.05, 4.69) is 10.6 Å². The van der Waals surface area contributed by atoms with Gasteiger partial charge in [0.05, 0.1) is 5.56 Å². The number of carbonyl (C=O) groups is 1. The van der Waals surface area contributed by atoms with Gasteiger partial charge >= 0.3 is 6.18 Å². The van der Waals surface area contributed by atoms with Crippen LogP contribution in [0.1, 0.15) is 38.3 Å². The molecule has 0 aliphatic rings. The van der Waals surface area contributed by atoms with Crippen LogP contribution >= 0.6 is 0 Å². The lowest BCUT2D eigenvalue weighted by Gasteiger charge is -2.20. The van der Waals surface area contributed by atoms with Gasteiger partial charge in [-0.15, -0.1) is 0 Å². The molecule has 0 radical (unpaired) electrons. The van der Waals surface area contributed by atoms with E-state index >= 15 is 0 Å². The molecule has 1 amide bonds. The number of alkyl halides is 3. The molecule has 1 rings (SSSR count). The summed E-state index contributed by atoms with van der Waals surface area (Å²) in [7, 11) is 0. The summed E-state index contributed by atoms with van der Waals surface area (Å²) in [6, 6.07) is 4.78. The predicted octanol–water partition coefficient (Wildman–Crippen LogP) is 3.10. The van der Waals surface area contributed by atoms with Crippen molar-refractivity contribution < 1.29 is 18.0 Å². The fourth-order valence-corrected chi connectivity index (χ4v) is 1.65. The monoisotopic (exact) mass is 302 g/mol. The van der Waals surface area contributed by atoms with Crippen molar-refractivity contribution in [2.24, 2.45) is 0 Å². The van der Waals surface area contributed by atoms with Crippen LogP contribution in [0.2, 0.25) is 0 Å². The van der Waals surface area contributed by atoms with Crippen molar-refractivity contribution in [1.82, 2.24) is 10.6 Å². The standard InChI is InChI=1S/C15H21F3N2O/c1-14(2,3)20-9-8-13(21)19-10-11-4-6-12(7-5-11)15(16,17)18/h4-7,20H,8-10H2,1-3H3,(H,19,21). The molecule has 2 N–H and O–H groups in total. The highest BCUT2D eigenvalue weighted by Gasteiger charge is 2.29. The molecule has 0 fully saturated rings. The minimum Gasteiger partial charge on any atom is -0.352 e. The van der Waals surface area contributed by atoms with E-state index in [1.54, 1.807) is 0 Å². The van der Waals surface area contributed by atoms with E-state index < -0.39 is 11.7 Å². The summed E-state index contributed by atoms with van der Waals surface area (Å²) in [6.45, 7) is 6.81. The highest BCUT2D eigenvalue weighted by Crippen LogP contribution is 2.28. The maximum atomic E-state index is 12.4. The second-order valence-electron chi connectivity index (χ2n) is 5.90. The molecule has 0 saturated carbocycles. The van der Waals surface area contributed by atoms with Crippen LogP contribution in [0, 0.1) is 0 Å². The van der Waals surface area contributed by atoms with Crippen LogP contribution < -0.4 is 10.6 Å². The average molecular weight is 302 g/mol. The third kappa shape index (κ3) is 7.13. The average Bonchev–Trinajstić information content (AvgIpc) is 2.34. The zero-order valence-electron chi connectivity index (χ0n) is 12.5. The van der Waals surface area contributed by atoms with E-state index in [0.717, 1.165) is 12.1 Å². The normalized spacial score (nSPS) is 12.3. The van der Waals surface area contributed by atoms with Gasteiger partial charge in [0.2, 0.25) is 5.91 Å². The smallest absolute Gasteiger partial charge is 0.352 e. The molecular weight excluding hydrogens is 281 g/mol. The number of halogens is 3. The van der Waals surface area contributed by atoms with E-state index in [9.17, 15) is 18.0 Å². The summed E-state index contributed by atoms with van der Waals surface area (Å²) in [4.78, 5) is 11.6. The molecule has 0 aliphatic carbocycles. The second kappa shape index (κ2) is 6.93. The quantitative estimate of drug-likeness (QED) is 0.877. The van der Waals surface area contributed by atoms with Crippen LogP contribution in [0.4, 0.5) is 13.2 Å². The van der Waals surface area contributed by atoms with Crippen LogP contribution in [-0.2, 0) is 17.5 Å². The Labute approximate surface area is 122 Å². The fraction of sp³-hybridized carbons (Fsp3) is 0.533. The van der Waals surface area contributed by atoms with Crippen LogP contribution in [0.15, 0.2) is 24.3 Å². The SMILES string of the molecule is CC(C)(C)NCCC(=O)NCc1ccc(C(F)(F)F)cc1. The molecule has 0 heterocycles. The highest BCUT2D eigenvalue weighted by atomic mass is 19.4. The molecule has 6 heteroatoms. The van der Waals surface area contributed by atoms with Crippen LogP contribution in [0.5, 0.6) is 0 Å². The zero-order valence-corrected chi connectivity index (χ0v) is 12.5. The van der Waals surface area contributed by atoms with Gasteiger partial charge in [0.1, 0.15) is 0 Å². The molecule has 0 saturated heterocycles. The molecule has 1 aromatic carbocycles. The molecule has 1 aromatic rings. The molecule has 3 nitrogen and oxygen atoms in total. The van der Waals surface area contributed by atoms with Crippen LogP contribution in [0.25, 0.3) is 0 Å². The topological polar surface area (TPSA) is 41.1 Å². The summed E-state index contributed by atoms with van der Waals surface area (Å²) in [6.07, 6.45) is -4.00. The summed E-state index contributed by atoms with van der Waals surface area (Å²) >= 11 is 0. The number of hydrogen-bond donors (Lipinski definition) is 2. The second-order valence-corrected chi connectivity index (χ2v) is 5.90. The first-order valence-electron chi connectivity index (χ1n) is 6.76. The molecule has 0 spiro atoms.